The van der Waals surface area contributed by atoms with Gasteiger partial charge in [0, 0.05) is 12.1 Å². The summed E-state index contributed by atoms with van der Waals surface area (Å²) in [6.07, 6.45) is 8.29. The Morgan fingerprint density at radius 2 is 1.76 bits per heavy atom. The summed E-state index contributed by atoms with van der Waals surface area (Å²) < 4.78 is 0. The number of unbranched alkanes of at least 4 members (excludes halogenated alkanes) is 1. The molecule has 1 aliphatic carbocycles. The third kappa shape index (κ3) is 6.42. The number of hydrogen-bond donors (Lipinski definition) is 1. The molecular weight excluding hydrogens is 208 g/mol. The van der Waals surface area contributed by atoms with Crippen molar-refractivity contribution in [3.8, 4) is 0 Å². The van der Waals surface area contributed by atoms with E-state index in [-0.39, 0.29) is 0 Å². The maximum atomic E-state index is 3.73. The van der Waals surface area contributed by atoms with Gasteiger partial charge in [0.25, 0.3) is 0 Å². The fourth-order valence-corrected chi connectivity index (χ4v) is 2.51. The smallest absolute Gasteiger partial charge is 0.00672 e. The first kappa shape index (κ1) is 15.0. The lowest BCUT2D eigenvalue weighted by Crippen LogP contribution is -2.34. The normalized spacial score (nSPS) is 25.8. The second-order valence-electron chi connectivity index (χ2n) is 6.19. The summed E-state index contributed by atoms with van der Waals surface area (Å²) in [6, 6.07) is 1.50. The maximum absolute atomic E-state index is 3.73. The Kier molecular flexibility index (Phi) is 7.14. The van der Waals surface area contributed by atoms with Crippen molar-refractivity contribution in [2.45, 2.75) is 71.4 Å². The van der Waals surface area contributed by atoms with Crippen molar-refractivity contribution in [1.82, 2.24) is 10.2 Å². The third-order valence-electron chi connectivity index (χ3n) is 4.27. The van der Waals surface area contributed by atoms with Crippen molar-refractivity contribution >= 4 is 0 Å². The lowest BCUT2D eigenvalue weighted by atomic mass is 9.87. The zero-order valence-corrected chi connectivity index (χ0v) is 12.3. The van der Waals surface area contributed by atoms with Gasteiger partial charge in [0.1, 0.15) is 0 Å². The van der Waals surface area contributed by atoms with Crippen LogP contribution < -0.4 is 5.32 Å². The minimum absolute atomic E-state index is 0.683. The van der Waals surface area contributed by atoms with Gasteiger partial charge in [-0.3, -0.25) is 0 Å². The van der Waals surface area contributed by atoms with Crippen LogP contribution in [0.1, 0.15) is 59.3 Å². The summed E-state index contributed by atoms with van der Waals surface area (Å²) in [4.78, 5) is 2.43. The molecule has 0 aliphatic heterocycles. The number of rotatable bonds is 7. The Balaban J connectivity index is 1.94. The van der Waals surface area contributed by atoms with Gasteiger partial charge in [-0.25, -0.2) is 0 Å². The second-order valence-corrected chi connectivity index (χ2v) is 6.19. The third-order valence-corrected chi connectivity index (χ3v) is 4.27. The summed E-state index contributed by atoms with van der Waals surface area (Å²) in [5.41, 5.74) is 0. The van der Waals surface area contributed by atoms with E-state index < -0.39 is 0 Å². The highest BCUT2D eigenvalue weighted by atomic mass is 15.1. The molecule has 2 heteroatoms. The van der Waals surface area contributed by atoms with Crippen LogP contribution in [-0.4, -0.2) is 37.1 Å². The van der Waals surface area contributed by atoms with Crippen LogP contribution in [0.25, 0.3) is 0 Å². The van der Waals surface area contributed by atoms with E-state index in [1.165, 1.54) is 51.6 Å². The number of nitrogens with one attached hydrogen (secondary N) is 1. The lowest BCUT2D eigenvalue weighted by molar-refractivity contribution is 0.264. The van der Waals surface area contributed by atoms with Gasteiger partial charge in [-0.1, -0.05) is 6.92 Å². The van der Waals surface area contributed by atoms with Gasteiger partial charge in [0.15, 0.2) is 0 Å². The molecule has 17 heavy (non-hydrogen) atoms. The van der Waals surface area contributed by atoms with Gasteiger partial charge in [-0.15, -0.1) is 0 Å². The van der Waals surface area contributed by atoms with Crippen LogP contribution in [0.15, 0.2) is 0 Å². The SMILES string of the molecule is CC1CCC(NCCCCN(C)C(C)C)CC1. The molecule has 0 amide bonds. The molecule has 0 unspecified atom stereocenters. The number of nitrogens with zero attached hydrogens (tertiary/aromatic N) is 1. The van der Waals surface area contributed by atoms with E-state index in [0.29, 0.717) is 6.04 Å². The predicted octanol–water partition coefficient (Wildman–Crippen LogP) is 3.28. The first-order valence-corrected chi connectivity index (χ1v) is 7.53. The largest absolute Gasteiger partial charge is 0.314 e. The van der Waals surface area contributed by atoms with Crippen molar-refractivity contribution < 1.29 is 0 Å². The lowest BCUT2D eigenvalue weighted by Gasteiger charge is -2.27. The maximum Gasteiger partial charge on any atom is 0.00672 e. The van der Waals surface area contributed by atoms with Crippen molar-refractivity contribution in [2.24, 2.45) is 5.92 Å². The van der Waals surface area contributed by atoms with Crippen molar-refractivity contribution in [1.29, 1.82) is 0 Å². The average Bonchev–Trinajstić information content (AvgIpc) is 2.30. The van der Waals surface area contributed by atoms with Crippen LogP contribution in [0.3, 0.4) is 0 Å². The highest BCUT2D eigenvalue weighted by molar-refractivity contribution is 4.75. The minimum Gasteiger partial charge on any atom is -0.314 e. The zero-order valence-electron chi connectivity index (χ0n) is 12.3. The topological polar surface area (TPSA) is 15.3 Å². The van der Waals surface area contributed by atoms with E-state index >= 15 is 0 Å². The molecule has 0 aromatic rings. The molecule has 0 aromatic heterocycles. The van der Waals surface area contributed by atoms with Crippen molar-refractivity contribution in [3.05, 3.63) is 0 Å². The van der Waals surface area contributed by atoms with E-state index in [1.54, 1.807) is 0 Å². The molecule has 1 saturated carbocycles. The van der Waals surface area contributed by atoms with Gasteiger partial charge >= 0.3 is 0 Å². The number of hydrogen-bond acceptors (Lipinski definition) is 2. The van der Waals surface area contributed by atoms with Crippen molar-refractivity contribution in [3.63, 3.8) is 0 Å². The molecule has 0 bridgehead atoms. The molecule has 0 heterocycles. The highest BCUT2D eigenvalue weighted by Gasteiger charge is 2.16. The summed E-state index contributed by atoms with van der Waals surface area (Å²) >= 11 is 0. The molecule has 102 valence electrons. The Labute approximate surface area is 108 Å². The summed E-state index contributed by atoms with van der Waals surface area (Å²) in [6.45, 7) is 9.37. The fraction of sp³-hybridized carbons (Fsp3) is 1.00. The molecular formula is C15H32N2. The first-order chi connectivity index (χ1) is 8.09. The summed E-state index contributed by atoms with van der Waals surface area (Å²) in [5.74, 6) is 0.966. The minimum atomic E-state index is 0.683. The molecule has 1 N–H and O–H groups in total. The van der Waals surface area contributed by atoms with Crippen LogP contribution in [0, 0.1) is 5.92 Å². The monoisotopic (exact) mass is 240 g/mol. The quantitative estimate of drug-likeness (QED) is 0.687. The second kappa shape index (κ2) is 8.10. The summed E-state index contributed by atoms with van der Waals surface area (Å²) in [5, 5.41) is 3.73. The Morgan fingerprint density at radius 3 is 2.35 bits per heavy atom. The van der Waals surface area contributed by atoms with Crippen LogP contribution in [-0.2, 0) is 0 Å². The van der Waals surface area contributed by atoms with Crippen LogP contribution in [0.2, 0.25) is 0 Å². The van der Waals surface area contributed by atoms with Crippen LogP contribution in [0.5, 0.6) is 0 Å². The van der Waals surface area contributed by atoms with Gasteiger partial charge < -0.3 is 10.2 Å². The molecule has 0 spiro atoms. The van der Waals surface area contributed by atoms with E-state index in [1.807, 2.05) is 0 Å². The molecule has 1 rings (SSSR count). The average molecular weight is 240 g/mol. The van der Waals surface area contributed by atoms with Gasteiger partial charge in [0.2, 0.25) is 0 Å². The standard InChI is InChI=1S/C15H32N2/c1-13(2)17(4)12-6-5-11-16-15-9-7-14(3)8-10-15/h13-16H,5-12H2,1-4H3. The molecule has 0 radical (unpaired) electrons. The Morgan fingerprint density at radius 1 is 1.12 bits per heavy atom. The van der Waals surface area contributed by atoms with E-state index in [0.717, 1.165) is 12.0 Å². The zero-order chi connectivity index (χ0) is 12.7. The predicted molar refractivity (Wildman–Crippen MR) is 76.4 cm³/mol. The molecule has 2 nitrogen and oxygen atoms in total. The Bertz CT molecular complexity index is 183. The van der Waals surface area contributed by atoms with Crippen LogP contribution >= 0.6 is 0 Å². The van der Waals surface area contributed by atoms with E-state index in [2.05, 4.69) is 38.0 Å². The summed E-state index contributed by atoms with van der Waals surface area (Å²) in [7, 11) is 2.22. The first-order valence-electron chi connectivity index (χ1n) is 7.53. The molecule has 1 fully saturated rings. The van der Waals surface area contributed by atoms with Crippen LogP contribution in [0.4, 0.5) is 0 Å². The van der Waals surface area contributed by atoms with Gasteiger partial charge in [-0.2, -0.15) is 0 Å². The van der Waals surface area contributed by atoms with E-state index in [4.69, 9.17) is 0 Å². The van der Waals surface area contributed by atoms with E-state index in [9.17, 15) is 0 Å². The Hall–Kier alpha value is -0.0800. The molecule has 0 atom stereocenters. The molecule has 0 saturated heterocycles. The molecule has 0 aromatic carbocycles. The van der Waals surface area contributed by atoms with Crippen molar-refractivity contribution in [2.75, 3.05) is 20.1 Å². The molecule has 1 aliphatic rings. The fourth-order valence-electron chi connectivity index (χ4n) is 2.51. The van der Waals surface area contributed by atoms with Gasteiger partial charge in [0.05, 0.1) is 0 Å². The van der Waals surface area contributed by atoms with Gasteiger partial charge in [-0.05, 0) is 78.4 Å². The highest BCUT2D eigenvalue weighted by Crippen LogP contribution is 2.23.